The van der Waals surface area contributed by atoms with Gasteiger partial charge in [-0.25, -0.2) is 13.2 Å². The molecule has 0 aliphatic carbocycles. The van der Waals surface area contributed by atoms with E-state index in [1.807, 2.05) is 21.1 Å². The highest BCUT2D eigenvalue weighted by Gasteiger charge is 2.54. The van der Waals surface area contributed by atoms with Crippen molar-refractivity contribution in [2.75, 3.05) is 67.3 Å². The van der Waals surface area contributed by atoms with Gasteiger partial charge in [0.05, 0.1) is 33.9 Å². The van der Waals surface area contributed by atoms with Crippen molar-refractivity contribution in [2.45, 2.75) is 179 Å². The number of phosphoric acid groups is 1. The summed E-state index contributed by atoms with van der Waals surface area (Å²) in [5.74, 6) is -2.32. The van der Waals surface area contributed by atoms with Crippen molar-refractivity contribution in [3.63, 3.8) is 0 Å². The van der Waals surface area contributed by atoms with Crippen LogP contribution in [0.15, 0.2) is 12.2 Å². The minimum Gasteiger partial charge on any atom is -0.756 e. The van der Waals surface area contributed by atoms with Gasteiger partial charge in [0, 0.05) is 39.4 Å². The van der Waals surface area contributed by atoms with Gasteiger partial charge in [-0.05, 0) is 38.5 Å². The van der Waals surface area contributed by atoms with E-state index in [-0.39, 0.29) is 50.7 Å². The number of rotatable bonds is 38. The molecule has 374 valence electrons. The number of likely N-dealkylation sites (N-methyl/N-ethyl adjacent to an activating group) is 1. The summed E-state index contributed by atoms with van der Waals surface area (Å²) in [7, 11) is -3.71. The van der Waals surface area contributed by atoms with Gasteiger partial charge < -0.3 is 57.1 Å². The predicted molar refractivity (Wildman–Crippen MR) is 232 cm³/mol. The van der Waals surface area contributed by atoms with Gasteiger partial charge in [-0.15, -0.1) is 0 Å². The number of carbonyl (C=O) groups excluding carboxylic acids is 3. The zero-order valence-corrected chi connectivity index (χ0v) is 40.8. The number of allylic oxidation sites excluding steroid dienone is 1. The van der Waals surface area contributed by atoms with E-state index in [0.717, 1.165) is 64.2 Å². The van der Waals surface area contributed by atoms with Crippen molar-refractivity contribution < 1.29 is 88.7 Å². The van der Waals surface area contributed by atoms with E-state index in [9.17, 15) is 36.8 Å². The maximum atomic E-state index is 12.5. The van der Waals surface area contributed by atoms with Crippen LogP contribution in [0.2, 0.25) is 0 Å². The first-order valence-corrected chi connectivity index (χ1v) is 25.9. The molecule has 0 aromatic rings. The molecule has 7 atom stereocenters. The molecule has 0 aromatic heterocycles. The van der Waals surface area contributed by atoms with Crippen molar-refractivity contribution in [2.24, 2.45) is 0 Å². The van der Waals surface area contributed by atoms with E-state index in [1.54, 1.807) is 6.08 Å². The lowest BCUT2D eigenvalue weighted by molar-refractivity contribution is -0.870. The molecule has 2 aliphatic rings. The third-order valence-corrected chi connectivity index (χ3v) is 12.2. The third-order valence-electron chi connectivity index (χ3n) is 10.8. The Morgan fingerprint density at radius 3 is 2.06 bits per heavy atom. The Hall–Kier alpha value is -2.07. The van der Waals surface area contributed by atoms with Crippen LogP contribution in [-0.4, -0.2) is 139 Å². The number of hydrogen-bond acceptors (Lipinski definition) is 17. The van der Waals surface area contributed by atoms with Crippen LogP contribution in [0.4, 0.5) is 0 Å². The Bertz CT molecular complexity index is 1530. The highest BCUT2D eigenvalue weighted by Crippen LogP contribution is 2.45. The molecule has 2 bridgehead atoms. The fourth-order valence-electron chi connectivity index (χ4n) is 7.44. The van der Waals surface area contributed by atoms with Gasteiger partial charge in [-0.1, -0.05) is 83.1 Å². The van der Waals surface area contributed by atoms with Crippen LogP contribution < -0.4 is 10.6 Å². The Balaban J connectivity index is 1.62. The maximum Gasteiger partial charge on any atom is 0.330 e. The van der Waals surface area contributed by atoms with Gasteiger partial charge >= 0.3 is 17.9 Å². The molecule has 2 heterocycles. The number of unbranched alkanes of at least 4 members (excludes halogenated alkanes) is 14. The summed E-state index contributed by atoms with van der Waals surface area (Å²) in [4.78, 5) is 47.9. The SMILES string of the molecule is CC(=O)OC[C@H](COP(=O)([O-])OCC[N+](C)(C)C)OC(=O)/C=C/CCCCCC1OC2(CCCCCCCCCCCCCCOCC([NH3+])COS(=O)(=O)[O-])CCC(OC(C)=O)C1O2. The average molecular weight is 959 g/mol. The average Bonchev–Trinajstić information content (AvgIpc) is 3.49. The normalized spacial score (nSPS) is 22.0. The lowest BCUT2D eigenvalue weighted by Crippen LogP contribution is -2.65. The van der Waals surface area contributed by atoms with Crippen molar-refractivity contribution in [1.82, 2.24) is 0 Å². The van der Waals surface area contributed by atoms with E-state index in [4.69, 9.17) is 37.5 Å². The third kappa shape index (κ3) is 28.9. The van der Waals surface area contributed by atoms with E-state index >= 15 is 0 Å². The van der Waals surface area contributed by atoms with Gasteiger partial charge in [-0.3, -0.25) is 18.3 Å². The number of hydrogen-bond donors (Lipinski definition) is 1. The molecule has 0 amide bonds. The molecule has 2 rings (SSSR count). The summed E-state index contributed by atoms with van der Waals surface area (Å²) in [5.41, 5.74) is 3.72. The van der Waals surface area contributed by atoms with Crippen LogP contribution in [-0.2, 0) is 71.0 Å². The molecule has 0 saturated carbocycles. The molecule has 6 unspecified atom stereocenters. The molecule has 3 N–H and O–H groups in total. The second kappa shape index (κ2) is 31.1. The first-order valence-electron chi connectivity index (χ1n) is 23.1. The fraction of sp³-hybridized carbons (Fsp3) is 0.884. The van der Waals surface area contributed by atoms with Crippen molar-refractivity contribution in [3.05, 3.63) is 12.2 Å². The number of quaternary nitrogens is 2. The molecular weight excluding hydrogens is 880 g/mol. The molecule has 2 saturated heterocycles. The molecule has 2 aliphatic heterocycles. The van der Waals surface area contributed by atoms with E-state index in [2.05, 4.69) is 9.92 Å². The zero-order valence-electron chi connectivity index (χ0n) is 39.1. The number of phosphoric ester groups is 1. The van der Waals surface area contributed by atoms with Crippen molar-refractivity contribution >= 4 is 36.1 Å². The first-order chi connectivity index (χ1) is 30.2. The Labute approximate surface area is 381 Å². The minimum atomic E-state index is -4.69. The first kappa shape index (κ1) is 58.1. The molecular formula is C43H79N2O17PS. The zero-order chi connectivity index (χ0) is 47.5. The summed E-state index contributed by atoms with van der Waals surface area (Å²) in [6.07, 6.45) is 20.8. The number of fused-ring (bicyclic) bond motifs is 2. The standard InChI is InChI=1S/C43H79N2O17PS/c1-35(46)55-33-38(34-57-63(49,50)56-30-28-45(3,4)5)60-41(48)24-20-16-14-15-19-23-40-42-39(59-36(2)47)25-27-43(61-40,62-42)26-21-17-12-10-8-6-7-9-11-13-18-22-29-54-31-37(44)32-58-64(51,52)53/h20,24,37-40,42H,6-19,21-23,25-34,44H2,1-5H3,(H-,49,50,51,52,53)/b24-20+/t37?,38-,39?,40?,42?,43?/m1/s1. The second-order valence-corrected chi connectivity index (χ2v) is 20.4. The fourth-order valence-corrected chi connectivity index (χ4v) is 8.52. The van der Waals surface area contributed by atoms with Crippen LogP contribution in [0, 0.1) is 0 Å². The summed E-state index contributed by atoms with van der Waals surface area (Å²) in [5, 5.41) is 0. The highest BCUT2D eigenvalue weighted by atomic mass is 32.3. The van der Waals surface area contributed by atoms with Gasteiger partial charge in [0.25, 0.3) is 7.82 Å². The maximum absolute atomic E-state index is 12.5. The van der Waals surface area contributed by atoms with Gasteiger partial charge in [0.2, 0.25) is 10.4 Å². The largest absolute Gasteiger partial charge is 0.756 e. The van der Waals surface area contributed by atoms with E-state index < -0.39 is 54.7 Å². The lowest BCUT2D eigenvalue weighted by Gasteiger charge is -2.35. The lowest BCUT2D eigenvalue weighted by atomic mass is 9.94. The minimum absolute atomic E-state index is 0.0852. The summed E-state index contributed by atoms with van der Waals surface area (Å²) < 4.78 is 92.6. The monoisotopic (exact) mass is 958 g/mol. The number of esters is 3. The van der Waals surface area contributed by atoms with Crippen LogP contribution in [0.5, 0.6) is 0 Å². The molecule has 64 heavy (non-hydrogen) atoms. The quantitative estimate of drug-likeness (QED) is 0.0130. The summed E-state index contributed by atoms with van der Waals surface area (Å²) >= 11 is 0. The predicted octanol–water partition coefficient (Wildman–Crippen LogP) is 4.56. The van der Waals surface area contributed by atoms with E-state index in [1.165, 1.54) is 64.9 Å². The van der Waals surface area contributed by atoms with Gasteiger partial charge in [0.1, 0.15) is 51.2 Å². The highest BCUT2D eigenvalue weighted by molar-refractivity contribution is 7.80. The van der Waals surface area contributed by atoms with Crippen molar-refractivity contribution in [1.29, 1.82) is 0 Å². The van der Waals surface area contributed by atoms with Crippen LogP contribution in [0.3, 0.4) is 0 Å². The molecule has 0 aromatic carbocycles. The molecule has 19 nitrogen and oxygen atoms in total. The topological polar surface area (TPSA) is 259 Å². The van der Waals surface area contributed by atoms with Crippen LogP contribution >= 0.6 is 7.82 Å². The Morgan fingerprint density at radius 2 is 1.45 bits per heavy atom. The molecule has 0 spiro atoms. The second-order valence-electron chi connectivity index (χ2n) is 18.0. The van der Waals surface area contributed by atoms with Gasteiger partial charge in [0.15, 0.2) is 11.9 Å². The number of carbonyl (C=O) groups is 3. The number of ether oxygens (including phenoxy) is 6. The van der Waals surface area contributed by atoms with Crippen molar-refractivity contribution in [3.8, 4) is 0 Å². The smallest absolute Gasteiger partial charge is 0.330 e. The Morgan fingerprint density at radius 1 is 0.828 bits per heavy atom. The van der Waals surface area contributed by atoms with Gasteiger partial charge in [-0.2, -0.15) is 0 Å². The molecule has 21 heteroatoms. The summed E-state index contributed by atoms with van der Waals surface area (Å²) in [6.45, 7) is 2.56. The number of nitrogens with zero attached hydrogens (tertiary/aromatic N) is 1. The Kier molecular flexibility index (Phi) is 28.2. The van der Waals surface area contributed by atoms with Crippen LogP contribution in [0.25, 0.3) is 0 Å². The molecule has 0 radical (unpaired) electrons. The van der Waals surface area contributed by atoms with E-state index in [0.29, 0.717) is 36.9 Å². The summed E-state index contributed by atoms with van der Waals surface area (Å²) in [6, 6.07) is -0.405. The molecule has 2 fully saturated rings. The van der Waals surface area contributed by atoms with Crippen LogP contribution in [0.1, 0.15) is 142 Å².